The van der Waals surface area contributed by atoms with Crippen LogP contribution in [0, 0.1) is 5.92 Å². The van der Waals surface area contributed by atoms with Crippen LogP contribution in [0.15, 0.2) is 23.8 Å². The lowest BCUT2D eigenvalue weighted by atomic mass is 9.90. The number of hydrogen-bond donors (Lipinski definition) is 1. The molecule has 1 aliphatic heterocycles. The van der Waals surface area contributed by atoms with E-state index in [0.717, 1.165) is 5.57 Å². The van der Waals surface area contributed by atoms with Crippen LogP contribution in [-0.2, 0) is 9.59 Å². The maximum Gasteiger partial charge on any atom is 0.234 e. The molecular weight excluding hydrogens is 178 g/mol. The smallest absolute Gasteiger partial charge is 0.234 e. The number of amides is 2. The number of rotatable bonds is 2. The highest BCUT2D eigenvalue weighted by atomic mass is 16.2. The van der Waals surface area contributed by atoms with Gasteiger partial charge < -0.3 is 0 Å². The van der Waals surface area contributed by atoms with Crippen molar-refractivity contribution >= 4 is 11.8 Å². The number of carbonyl (C=O) groups is 2. The van der Waals surface area contributed by atoms with E-state index in [1.807, 2.05) is 32.1 Å². The fourth-order valence-corrected chi connectivity index (χ4v) is 1.62. The van der Waals surface area contributed by atoms with E-state index in [2.05, 4.69) is 5.32 Å². The molecule has 3 nitrogen and oxygen atoms in total. The van der Waals surface area contributed by atoms with Gasteiger partial charge in [0.1, 0.15) is 0 Å². The van der Waals surface area contributed by atoms with E-state index in [4.69, 9.17) is 0 Å². The minimum atomic E-state index is -0.174. The second-order valence-corrected chi connectivity index (χ2v) is 3.29. The predicted octanol–water partition coefficient (Wildman–Crippen LogP) is 1.56. The molecule has 1 rings (SSSR count). The lowest BCUT2D eigenvalue weighted by Gasteiger charge is -2.21. The summed E-state index contributed by atoms with van der Waals surface area (Å²) >= 11 is 0. The van der Waals surface area contributed by atoms with E-state index in [1.165, 1.54) is 0 Å². The molecule has 1 heterocycles. The molecule has 1 aliphatic rings. The summed E-state index contributed by atoms with van der Waals surface area (Å²) in [4.78, 5) is 22.4. The van der Waals surface area contributed by atoms with Gasteiger partial charge in [-0.15, -0.1) is 0 Å². The average molecular weight is 193 g/mol. The van der Waals surface area contributed by atoms with Crippen molar-refractivity contribution in [2.45, 2.75) is 26.7 Å². The van der Waals surface area contributed by atoms with E-state index >= 15 is 0 Å². The van der Waals surface area contributed by atoms with Crippen LogP contribution in [0.3, 0.4) is 0 Å². The summed E-state index contributed by atoms with van der Waals surface area (Å²) in [6, 6.07) is 0. The fraction of sp³-hybridized carbons (Fsp3) is 0.455. The second-order valence-electron chi connectivity index (χ2n) is 3.29. The predicted molar refractivity (Wildman–Crippen MR) is 54.4 cm³/mol. The summed E-state index contributed by atoms with van der Waals surface area (Å²) in [5.41, 5.74) is 0.984. The number of allylic oxidation sites excluding steroid dienone is 3. The average Bonchev–Trinajstić information content (AvgIpc) is 2.15. The number of carbonyl (C=O) groups excluding carboxylic acids is 2. The number of piperidine rings is 1. The van der Waals surface area contributed by atoms with Gasteiger partial charge in [-0.1, -0.05) is 18.2 Å². The molecule has 1 N–H and O–H groups in total. The summed E-state index contributed by atoms with van der Waals surface area (Å²) in [5.74, 6) is -0.497. The minimum absolute atomic E-state index is 0.158. The van der Waals surface area contributed by atoms with Crippen LogP contribution in [0.5, 0.6) is 0 Å². The largest absolute Gasteiger partial charge is 0.296 e. The van der Waals surface area contributed by atoms with Crippen LogP contribution in [-0.4, -0.2) is 11.8 Å². The second kappa shape index (κ2) is 4.74. The van der Waals surface area contributed by atoms with Gasteiger partial charge in [-0.25, -0.2) is 0 Å². The molecule has 0 spiro atoms. The van der Waals surface area contributed by atoms with Crippen LogP contribution in [0.25, 0.3) is 0 Å². The van der Waals surface area contributed by atoms with Gasteiger partial charge in [-0.2, -0.15) is 0 Å². The van der Waals surface area contributed by atoms with Crippen molar-refractivity contribution in [1.82, 2.24) is 5.32 Å². The highest BCUT2D eigenvalue weighted by molar-refractivity contribution is 6.00. The van der Waals surface area contributed by atoms with Gasteiger partial charge in [0.05, 0.1) is 5.92 Å². The van der Waals surface area contributed by atoms with Crippen molar-refractivity contribution in [1.29, 1.82) is 0 Å². The monoisotopic (exact) mass is 193 g/mol. The first kappa shape index (κ1) is 10.7. The molecule has 1 unspecified atom stereocenters. The summed E-state index contributed by atoms with van der Waals surface area (Å²) in [6.07, 6.45) is 6.79. The molecule has 0 aromatic carbocycles. The molecule has 1 fully saturated rings. The molecule has 14 heavy (non-hydrogen) atoms. The van der Waals surface area contributed by atoms with Gasteiger partial charge in [0.15, 0.2) is 0 Å². The van der Waals surface area contributed by atoms with E-state index in [9.17, 15) is 9.59 Å². The van der Waals surface area contributed by atoms with Crippen LogP contribution in [0.4, 0.5) is 0 Å². The Morgan fingerprint density at radius 1 is 1.43 bits per heavy atom. The normalized spacial score (nSPS) is 24.1. The molecule has 76 valence electrons. The Hall–Kier alpha value is -1.38. The van der Waals surface area contributed by atoms with Crippen molar-refractivity contribution < 1.29 is 9.59 Å². The van der Waals surface area contributed by atoms with Crippen LogP contribution >= 0.6 is 0 Å². The van der Waals surface area contributed by atoms with Gasteiger partial charge in [0, 0.05) is 6.42 Å². The molecule has 1 saturated heterocycles. The Bertz CT molecular complexity index is 302. The molecule has 2 amide bonds. The molecule has 0 bridgehead atoms. The molecule has 0 saturated carbocycles. The third-order valence-corrected chi connectivity index (χ3v) is 2.33. The van der Waals surface area contributed by atoms with Crippen molar-refractivity contribution in [3.8, 4) is 0 Å². The van der Waals surface area contributed by atoms with E-state index in [-0.39, 0.29) is 17.7 Å². The number of imide groups is 1. The Morgan fingerprint density at radius 3 is 2.64 bits per heavy atom. The molecule has 3 heteroatoms. The molecule has 1 atom stereocenters. The highest BCUT2D eigenvalue weighted by Crippen LogP contribution is 2.21. The summed E-state index contributed by atoms with van der Waals surface area (Å²) in [6.45, 7) is 3.81. The van der Waals surface area contributed by atoms with Crippen LogP contribution in [0.2, 0.25) is 0 Å². The number of hydrogen-bond acceptors (Lipinski definition) is 2. The van der Waals surface area contributed by atoms with Crippen molar-refractivity contribution in [3.63, 3.8) is 0 Å². The Balaban J connectivity index is 2.77. The molecule has 0 aromatic rings. The van der Waals surface area contributed by atoms with Crippen molar-refractivity contribution in [2.24, 2.45) is 5.92 Å². The van der Waals surface area contributed by atoms with Gasteiger partial charge in [-0.3, -0.25) is 14.9 Å². The van der Waals surface area contributed by atoms with Crippen molar-refractivity contribution in [3.05, 3.63) is 23.8 Å². The quantitative estimate of drug-likeness (QED) is 0.534. The van der Waals surface area contributed by atoms with E-state index in [1.54, 1.807) is 0 Å². The Labute approximate surface area is 83.9 Å². The third-order valence-electron chi connectivity index (χ3n) is 2.33. The molecular formula is C11H15NO2. The SMILES string of the molecule is C/C=C\C(=C/C)C1CCC(=O)NC1=O. The van der Waals surface area contributed by atoms with Crippen LogP contribution in [0.1, 0.15) is 26.7 Å². The van der Waals surface area contributed by atoms with Gasteiger partial charge in [0.2, 0.25) is 11.8 Å². The zero-order valence-corrected chi connectivity index (χ0v) is 8.54. The first-order valence-electron chi connectivity index (χ1n) is 4.81. The zero-order chi connectivity index (χ0) is 10.6. The standard InChI is InChI=1S/C11H15NO2/c1-3-5-8(4-2)9-6-7-10(13)12-11(9)14/h3-5,9H,6-7H2,1-2H3,(H,12,13,14)/b5-3-,8-4+. The third kappa shape index (κ3) is 2.31. The number of nitrogens with one attached hydrogen (secondary N) is 1. The summed E-state index contributed by atoms with van der Waals surface area (Å²) in [7, 11) is 0. The summed E-state index contributed by atoms with van der Waals surface area (Å²) in [5, 5.41) is 2.35. The lowest BCUT2D eigenvalue weighted by Crippen LogP contribution is -2.41. The molecule has 0 aliphatic carbocycles. The highest BCUT2D eigenvalue weighted by Gasteiger charge is 2.27. The zero-order valence-electron chi connectivity index (χ0n) is 8.54. The molecule has 0 radical (unpaired) electrons. The fourth-order valence-electron chi connectivity index (χ4n) is 1.62. The lowest BCUT2D eigenvalue weighted by molar-refractivity contribution is -0.135. The van der Waals surface area contributed by atoms with Gasteiger partial charge in [0.25, 0.3) is 0 Å². The maximum absolute atomic E-state index is 11.5. The molecule has 0 aromatic heterocycles. The topological polar surface area (TPSA) is 46.2 Å². The van der Waals surface area contributed by atoms with Crippen LogP contribution < -0.4 is 5.32 Å². The van der Waals surface area contributed by atoms with E-state index in [0.29, 0.717) is 12.8 Å². The van der Waals surface area contributed by atoms with E-state index < -0.39 is 0 Å². The summed E-state index contributed by atoms with van der Waals surface area (Å²) < 4.78 is 0. The van der Waals surface area contributed by atoms with Crippen molar-refractivity contribution in [2.75, 3.05) is 0 Å². The first-order chi connectivity index (χ1) is 6.69. The van der Waals surface area contributed by atoms with Gasteiger partial charge in [-0.05, 0) is 25.8 Å². The minimum Gasteiger partial charge on any atom is -0.296 e. The van der Waals surface area contributed by atoms with Gasteiger partial charge >= 0.3 is 0 Å². The maximum atomic E-state index is 11.5. The Morgan fingerprint density at radius 2 is 2.14 bits per heavy atom. The first-order valence-corrected chi connectivity index (χ1v) is 4.81. The Kier molecular flexibility index (Phi) is 3.63.